The Morgan fingerprint density at radius 3 is 1.89 bits per heavy atom. The zero-order valence-corrected chi connectivity index (χ0v) is 30.1. The van der Waals surface area contributed by atoms with Crippen LogP contribution < -0.4 is 25.7 Å². The minimum absolute atomic E-state index is 0.0312. The first kappa shape index (κ1) is 38.4. The molecular weight excluding hydrogens is 746 g/mol. The summed E-state index contributed by atoms with van der Waals surface area (Å²) < 4.78 is 12.7. The first-order valence-electron chi connectivity index (χ1n) is 17.9. The van der Waals surface area contributed by atoms with Crippen molar-refractivity contribution in [2.24, 2.45) is 0 Å². The number of aromatic nitrogens is 2. The lowest BCUT2D eigenvalue weighted by atomic mass is 9.77. The van der Waals surface area contributed by atoms with Crippen LogP contribution in [0.25, 0.3) is 0 Å². The van der Waals surface area contributed by atoms with Gasteiger partial charge in [-0.05, 0) is 54.7 Å². The molecule has 4 aromatic carbocycles. The van der Waals surface area contributed by atoms with Crippen LogP contribution in [0.5, 0.6) is 57.5 Å². The van der Waals surface area contributed by atoms with Crippen LogP contribution in [0.3, 0.4) is 0 Å². The Bertz CT molecular complexity index is 2400. The summed E-state index contributed by atoms with van der Waals surface area (Å²) in [5.74, 6) is -4.25. The highest BCUT2D eigenvalue weighted by Crippen LogP contribution is 2.57. The zero-order chi connectivity index (χ0) is 40.9. The molecule has 0 spiro atoms. The first-order valence-corrected chi connectivity index (χ1v) is 17.9. The quantitative estimate of drug-likeness (QED) is 0.0919. The van der Waals surface area contributed by atoms with Gasteiger partial charge in [-0.25, -0.2) is 0 Å². The lowest BCUT2D eigenvalue weighted by molar-refractivity contribution is 0.00115. The molecule has 0 aliphatic carbocycles. The van der Waals surface area contributed by atoms with Crippen molar-refractivity contribution < 1.29 is 65.7 Å². The second-order valence-electron chi connectivity index (χ2n) is 14.0. The van der Waals surface area contributed by atoms with E-state index in [1.54, 1.807) is 6.07 Å². The van der Waals surface area contributed by atoms with E-state index in [9.17, 15) is 56.3 Å². The Hall–Kier alpha value is -6.92. The van der Waals surface area contributed by atoms with Crippen LogP contribution in [-0.2, 0) is 6.42 Å². The molecule has 1 fully saturated rings. The summed E-state index contributed by atoms with van der Waals surface area (Å²) in [6.45, 7) is 1.89. The van der Waals surface area contributed by atoms with E-state index in [2.05, 4.69) is 9.88 Å². The van der Waals surface area contributed by atoms with Crippen molar-refractivity contribution in [1.82, 2.24) is 9.71 Å². The Labute approximate surface area is 323 Å². The molecule has 3 aliphatic heterocycles. The van der Waals surface area contributed by atoms with Gasteiger partial charge in [0.25, 0.3) is 5.62 Å². The summed E-state index contributed by atoms with van der Waals surface area (Å²) in [5.41, 5.74) is 5.76. The molecule has 0 amide bonds. The monoisotopic (exact) mass is 787 g/mol. The Morgan fingerprint density at radius 2 is 1.28 bits per heavy atom. The van der Waals surface area contributed by atoms with Crippen LogP contribution in [0.4, 0.5) is 11.6 Å². The second kappa shape index (κ2) is 15.0. The van der Waals surface area contributed by atoms with E-state index in [4.69, 9.17) is 20.6 Å². The second-order valence-corrected chi connectivity index (χ2v) is 14.0. The number of aromatic hydroxyl groups is 8. The fraction of sp³-hybridized carbons (Fsp3) is 0.282. The van der Waals surface area contributed by atoms with Crippen molar-refractivity contribution in [1.29, 1.82) is 5.41 Å². The summed E-state index contributed by atoms with van der Waals surface area (Å²) in [6.07, 6.45) is -1.91. The lowest BCUT2D eigenvalue weighted by Gasteiger charge is -2.40. The van der Waals surface area contributed by atoms with Crippen molar-refractivity contribution in [3.63, 3.8) is 0 Å². The third kappa shape index (κ3) is 7.18. The number of nitrogens with two attached hydrogens (primary N) is 1. The van der Waals surface area contributed by atoms with E-state index in [0.29, 0.717) is 10.5 Å². The van der Waals surface area contributed by atoms with Crippen molar-refractivity contribution in [2.75, 3.05) is 23.7 Å². The fourth-order valence-corrected chi connectivity index (χ4v) is 7.50. The van der Waals surface area contributed by atoms with Gasteiger partial charge in [-0.1, -0.05) is 12.1 Å². The maximum atomic E-state index is 11.8. The van der Waals surface area contributed by atoms with Gasteiger partial charge in [0.15, 0.2) is 29.1 Å². The minimum Gasteiger partial charge on any atom is -0.508 e. The highest BCUT2D eigenvalue weighted by molar-refractivity contribution is 5.66. The van der Waals surface area contributed by atoms with Crippen molar-refractivity contribution in [2.45, 2.75) is 56.0 Å². The van der Waals surface area contributed by atoms with Crippen LogP contribution in [0.15, 0.2) is 60.7 Å². The first-order chi connectivity index (χ1) is 27.1. The SMILES string of the molecule is N=c1nc(N2CCCCC2)cc(N)n1O.Oc1cc(O)c2c(c1)O[C@H](c1ccc(O)c(O)c1)[C@H](O)[C@H]2c1c(O)cc(O)c2c1O[C@H](c1ccc(O)c(O)c1)[C@H](O)C2. The number of anilines is 2. The number of nitrogens with zero attached hydrogens (tertiary/aromatic N) is 3. The molecule has 0 saturated carbocycles. The van der Waals surface area contributed by atoms with E-state index in [0.717, 1.165) is 38.1 Å². The molecular formula is C39H41N5O13. The topological polar surface area (TPSA) is 312 Å². The summed E-state index contributed by atoms with van der Waals surface area (Å²) in [6, 6.07) is 12.4. The predicted octanol–water partition coefficient (Wildman–Crippen LogP) is 3.17. The highest BCUT2D eigenvalue weighted by Gasteiger charge is 2.46. The largest absolute Gasteiger partial charge is 0.508 e. The van der Waals surface area contributed by atoms with Crippen LogP contribution in [-0.4, -0.2) is 91.3 Å². The lowest BCUT2D eigenvalue weighted by Crippen LogP contribution is -2.36. The van der Waals surface area contributed by atoms with Gasteiger partial charge in [0.1, 0.15) is 58.3 Å². The number of nitrogens with one attached hydrogen (secondary N) is 1. The van der Waals surface area contributed by atoms with Gasteiger partial charge in [-0.2, -0.15) is 4.98 Å². The summed E-state index contributed by atoms with van der Waals surface area (Å²) in [7, 11) is 0. The number of nitrogen functional groups attached to an aromatic ring is 1. The molecule has 0 bridgehead atoms. The van der Waals surface area contributed by atoms with Gasteiger partial charge in [-0.3, -0.25) is 5.41 Å². The van der Waals surface area contributed by atoms with Gasteiger partial charge < -0.3 is 76.4 Å². The van der Waals surface area contributed by atoms with Gasteiger partial charge >= 0.3 is 0 Å². The Kier molecular flexibility index (Phi) is 10.1. The number of aliphatic hydroxyl groups is 2. The smallest absolute Gasteiger partial charge is 0.259 e. The molecule has 0 unspecified atom stereocenters. The van der Waals surface area contributed by atoms with E-state index in [1.165, 1.54) is 48.9 Å². The summed E-state index contributed by atoms with van der Waals surface area (Å²) in [4.78, 5) is 6.08. The van der Waals surface area contributed by atoms with Crippen LogP contribution >= 0.6 is 0 Å². The highest BCUT2D eigenvalue weighted by atomic mass is 16.5. The molecule has 18 nitrogen and oxygen atoms in total. The number of phenolic OH excluding ortho intramolecular Hbond substituents is 8. The molecule has 1 saturated heterocycles. The molecule has 4 heterocycles. The molecule has 18 heteroatoms. The number of phenols is 8. The number of rotatable bonds is 4. The number of fused-ring (bicyclic) bond motifs is 2. The molecule has 8 rings (SSSR count). The average Bonchev–Trinajstić information content (AvgIpc) is 3.17. The number of ether oxygens (including phenoxy) is 2. The van der Waals surface area contributed by atoms with Gasteiger partial charge in [0.2, 0.25) is 0 Å². The fourth-order valence-electron chi connectivity index (χ4n) is 7.50. The minimum atomic E-state index is -1.59. The van der Waals surface area contributed by atoms with E-state index in [1.807, 2.05) is 0 Å². The van der Waals surface area contributed by atoms with Gasteiger partial charge in [-0.15, -0.1) is 4.73 Å². The van der Waals surface area contributed by atoms with Crippen LogP contribution in [0, 0.1) is 5.41 Å². The third-order valence-corrected chi connectivity index (χ3v) is 10.3. The molecule has 5 atom stereocenters. The van der Waals surface area contributed by atoms with Crippen molar-refractivity contribution in [3.8, 4) is 57.5 Å². The third-order valence-electron chi connectivity index (χ3n) is 10.3. The van der Waals surface area contributed by atoms with Gasteiger partial charge in [0.05, 0.1) is 12.0 Å². The van der Waals surface area contributed by atoms with Crippen molar-refractivity contribution >= 4 is 11.6 Å². The maximum Gasteiger partial charge on any atom is 0.259 e. The molecule has 5 aromatic rings. The number of hydrogen-bond donors (Lipinski definition) is 13. The number of aliphatic hydroxyl groups excluding tert-OH is 2. The predicted molar refractivity (Wildman–Crippen MR) is 199 cm³/mol. The Morgan fingerprint density at radius 1 is 0.667 bits per heavy atom. The zero-order valence-electron chi connectivity index (χ0n) is 30.1. The number of hydrogen-bond acceptors (Lipinski definition) is 17. The van der Waals surface area contributed by atoms with E-state index in [-0.39, 0.29) is 62.9 Å². The van der Waals surface area contributed by atoms with Gasteiger partial charge in [0, 0.05) is 60.5 Å². The number of benzene rings is 4. The van der Waals surface area contributed by atoms with E-state index >= 15 is 0 Å². The summed E-state index contributed by atoms with van der Waals surface area (Å²) in [5, 5.41) is 122. The molecule has 3 aliphatic rings. The molecule has 57 heavy (non-hydrogen) atoms. The number of piperidine rings is 1. The van der Waals surface area contributed by atoms with Crippen molar-refractivity contribution in [3.05, 3.63) is 94.1 Å². The molecule has 0 radical (unpaired) electrons. The molecule has 14 N–H and O–H groups in total. The maximum absolute atomic E-state index is 11.8. The van der Waals surface area contributed by atoms with Crippen LogP contribution in [0.1, 0.15) is 65.2 Å². The summed E-state index contributed by atoms with van der Waals surface area (Å²) >= 11 is 0. The molecule has 300 valence electrons. The normalized spacial score (nSPS) is 21.2. The average molecular weight is 788 g/mol. The van der Waals surface area contributed by atoms with Crippen LogP contribution in [0.2, 0.25) is 0 Å². The Balaban J connectivity index is 0.000000277. The standard InChI is InChI=1S/C30H26O12.C9H15N5O/c31-13-7-20(37)24-23(8-13)41-29(12-2-4-16(33)19(36)6-12)27(40)26(24)25-21(38)10-17(34)14-9-22(39)28(42-30(14)25)11-1-3-15(32)18(35)5-11;10-7-6-8(12-9(11)14(7)15)13-4-2-1-3-5-13/h1-8,10,22,26-29,31-40H,9H2;6,11,15H,1-5,10H2/t22-,26-,27-,28-,29-;/m1./s1. The van der Waals surface area contributed by atoms with E-state index < -0.39 is 70.6 Å². The molecule has 1 aromatic heterocycles.